The molecule has 0 spiro atoms. The summed E-state index contributed by atoms with van der Waals surface area (Å²) >= 11 is 0. The Bertz CT molecular complexity index is 902. The van der Waals surface area contributed by atoms with Gasteiger partial charge in [-0.1, -0.05) is 36.8 Å². The van der Waals surface area contributed by atoms with Crippen LogP contribution in [0.5, 0.6) is 0 Å². The average molecular weight is 391 g/mol. The molecule has 27 heavy (non-hydrogen) atoms. The molecule has 1 fully saturated rings. The fourth-order valence-corrected chi connectivity index (χ4v) is 4.02. The second-order valence-corrected chi connectivity index (χ2v) is 9.17. The summed E-state index contributed by atoms with van der Waals surface area (Å²) in [7, 11) is -3.31. The van der Waals surface area contributed by atoms with Gasteiger partial charge < -0.3 is 9.32 Å². The number of piperidine rings is 1. The van der Waals surface area contributed by atoms with Crippen LogP contribution in [-0.4, -0.2) is 32.0 Å². The normalized spacial score (nSPS) is 20.6. The third-order valence-corrected chi connectivity index (χ3v) is 5.66. The number of nitrogens with one attached hydrogen (secondary N) is 1. The maximum Gasteiger partial charge on any atom is 0.290 e. The Labute approximate surface area is 160 Å². The van der Waals surface area contributed by atoms with E-state index in [2.05, 4.69) is 35.9 Å². The highest BCUT2D eigenvalue weighted by Crippen LogP contribution is 2.37. The number of carbonyl (C=O) groups is 1. The van der Waals surface area contributed by atoms with Crippen molar-refractivity contribution in [2.75, 3.05) is 12.8 Å². The molecular formula is C20H26N2O4S. The molecule has 1 aromatic carbocycles. The molecule has 1 amide bonds. The van der Waals surface area contributed by atoms with Gasteiger partial charge in [-0.15, -0.1) is 0 Å². The molecule has 2 aromatic rings. The summed E-state index contributed by atoms with van der Waals surface area (Å²) in [6, 6.07) is 11.6. The van der Waals surface area contributed by atoms with Gasteiger partial charge in [0.1, 0.15) is 5.76 Å². The van der Waals surface area contributed by atoms with Crippen molar-refractivity contribution in [2.24, 2.45) is 5.92 Å². The van der Waals surface area contributed by atoms with Gasteiger partial charge in [-0.3, -0.25) is 4.79 Å². The summed E-state index contributed by atoms with van der Waals surface area (Å²) in [5.41, 5.74) is 2.32. The second kappa shape index (κ2) is 7.86. The number of sulfonamides is 1. The first-order chi connectivity index (χ1) is 12.7. The number of hydrogen-bond donors (Lipinski definition) is 1. The molecule has 3 rings (SSSR count). The van der Waals surface area contributed by atoms with E-state index in [1.807, 2.05) is 11.8 Å². The van der Waals surface area contributed by atoms with Crippen molar-refractivity contribution in [3.8, 4) is 0 Å². The van der Waals surface area contributed by atoms with Gasteiger partial charge in [0.15, 0.2) is 5.76 Å². The number of furan rings is 1. The van der Waals surface area contributed by atoms with Crippen molar-refractivity contribution >= 4 is 15.9 Å². The number of benzene rings is 1. The Kier molecular flexibility index (Phi) is 5.72. The minimum atomic E-state index is -3.31. The molecule has 146 valence electrons. The van der Waals surface area contributed by atoms with Crippen molar-refractivity contribution in [1.29, 1.82) is 0 Å². The number of amides is 1. The molecule has 1 aliphatic heterocycles. The summed E-state index contributed by atoms with van der Waals surface area (Å²) in [5, 5.41) is 0. The van der Waals surface area contributed by atoms with E-state index in [1.165, 1.54) is 5.56 Å². The topological polar surface area (TPSA) is 79.6 Å². The van der Waals surface area contributed by atoms with Crippen LogP contribution in [0, 0.1) is 12.8 Å². The zero-order valence-corrected chi connectivity index (χ0v) is 16.8. The zero-order chi connectivity index (χ0) is 19.6. The van der Waals surface area contributed by atoms with Crippen LogP contribution >= 0.6 is 0 Å². The monoisotopic (exact) mass is 390 g/mol. The standard InChI is InChI=1S/C20H26N2O4S/c1-14-6-8-16(9-7-14)19-15(2)5-4-12-22(19)20(23)18-11-10-17(26-18)13-21-27(3,24)25/h6-11,15,19,21H,4-5,12-13H2,1-3H3/t15-,19-/m0/s1. The van der Waals surface area contributed by atoms with E-state index in [4.69, 9.17) is 4.42 Å². The Morgan fingerprint density at radius 2 is 1.93 bits per heavy atom. The van der Waals surface area contributed by atoms with Crippen molar-refractivity contribution < 1.29 is 17.6 Å². The lowest BCUT2D eigenvalue weighted by Gasteiger charge is -2.40. The number of rotatable bonds is 5. The maximum atomic E-state index is 13.1. The zero-order valence-electron chi connectivity index (χ0n) is 15.9. The summed E-state index contributed by atoms with van der Waals surface area (Å²) in [6.45, 7) is 4.93. The van der Waals surface area contributed by atoms with Gasteiger partial charge >= 0.3 is 0 Å². The van der Waals surface area contributed by atoms with Gasteiger partial charge in [0.25, 0.3) is 5.91 Å². The molecule has 1 aromatic heterocycles. The van der Waals surface area contributed by atoms with Crippen molar-refractivity contribution in [3.63, 3.8) is 0 Å². The number of aryl methyl sites for hydroxylation is 1. The lowest BCUT2D eigenvalue weighted by atomic mass is 9.85. The van der Waals surface area contributed by atoms with Gasteiger partial charge in [0.05, 0.1) is 18.8 Å². The first kappa shape index (κ1) is 19.6. The van der Waals surface area contributed by atoms with E-state index in [0.717, 1.165) is 24.7 Å². The number of hydrogen-bond acceptors (Lipinski definition) is 4. The molecule has 0 radical (unpaired) electrons. The molecule has 1 aliphatic rings. The van der Waals surface area contributed by atoms with Crippen molar-refractivity contribution in [3.05, 3.63) is 59.0 Å². The van der Waals surface area contributed by atoms with E-state index in [0.29, 0.717) is 18.2 Å². The Morgan fingerprint density at radius 1 is 1.22 bits per heavy atom. The van der Waals surface area contributed by atoms with Gasteiger partial charge in [-0.05, 0) is 43.4 Å². The molecule has 1 saturated heterocycles. The van der Waals surface area contributed by atoms with Crippen molar-refractivity contribution in [2.45, 2.75) is 39.3 Å². The van der Waals surface area contributed by atoms with Crippen LogP contribution in [0.1, 0.15) is 53.2 Å². The molecule has 0 aliphatic carbocycles. The van der Waals surface area contributed by atoms with Crippen molar-refractivity contribution in [1.82, 2.24) is 9.62 Å². The lowest BCUT2D eigenvalue weighted by molar-refractivity contribution is 0.0480. The predicted octanol–water partition coefficient (Wildman–Crippen LogP) is 3.25. The molecule has 7 heteroatoms. The summed E-state index contributed by atoms with van der Waals surface area (Å²) in [5.74, 6) is 0.858. The minimum Gasteiger partial charge on any atom is -0.455 e. The molecule has 0 bridgehead atoms. The molecule has 0 saturated carbocycles. The fourth-order valence-electron chi connectivity index (χ4n) is 3.62. The SMILES string of the molecule is Cc1ccc([C@@H]2[C@@H](C)CCCN2C(=O)c2ccc(CNS(C)(=O)=O)o2)cc1. The van der Waals surface area contributed by atoms with Crippen LogP contribution in [0.4, 0.5) is 0 Å². The first-order valence-corrected chi connectivity index (χ1v) is 11.0. The molecule has 1 N–H and O–H groups in total. The van der Waals surface area contributed by atoms with E-state index < -0.39 is 10.0 Å². The van der Waals surface area contributed by atoms with Crippen LogP contribution in [0.15, 0.2) is 40.8 Å². The largest absolute Gasteiger partial charge is 0.455 e. The number of carbonyl (C=O) groups excluding carboxylic acids is 1. The van der Waals surface area contributed by atoms with Crippen LogP contribution < -0.4 is 4.72 Å². The average Bonchev–Trinajstić information content (AvgIpc) is 3.09. The molecule has 0 unspecified atom stereocenters. The Balaban J connectivity index is 1.81. The third kappa shape index (κ3) is 4.78. The fraction of sp³-hybridized carbons (Fsp3) is 0.450. The number of likely N-dealkylation sites (tertiary alicyclic amines) is 1. The summed E-state index contributed by atoms with van der Waals surface area (Å²) in [6.07, 6.45) is 3.12. The Morgan fingerprint density at radius 3 is 2.59 bits per heavy atom. The van der Waals surface area contributed by atoms with Crippen LogP contribution in [0.3, 0.4) is 0 Å². The quantitative estimate of drug-likeness (QED) is 0.850. The smallest absolute Gasteiger partial charge is 0.290 e. The van der Waals surface area contributed by atoms with Gasteiger partial charge in [-0.25, -0.2) is 13.1 Å². The van der Waals surface area contributed by atoms with E-state index >= 15 is 0 Å². The van der Waals surface area contributed by atoms with Crippen LogP contribution in [-0.2, 0) is 16.6 Å². The maximum absolute atomic E-state index is 13.1. The molecule has 2 heterocycles. The highest BCUT2D eigenvalue weighted by atomic mass is 32.2. The van der Waals surface area contributed by atoms with Crippen LogP contribution in [0.25, 0.3) is 0 Å². The molecule has 2 atom stereocenters. The van der Waals surface area contributed by atoms with Gasteiger partial charge in [0, 0.05) is 6.54 Å². The first-order valence-electron chi connectivity index (χ1n) is 9.15. The highest BCUT2D eigenvalue weighted by Gasteiger charge is 2.34. The molecule has 6 nitrogen and oxygen atoms in total. The predicted molar refractivity (Wildman–Crippen MR) is 104 cm³/mol. The number of nitrogens with zero attached hydrogens (tertiary/aromatic N) is 1. The third-order valence-electron chi connectivity index (χ3n) is 4.99. The van der Waals surface area contributed by atoms with E-state index in [-0.39, 0.29) is 24.3 Å². The summed E-state index contributed by atoms with van der Waals surface area (Å²) in [4.78, 5) is 15.0. The van der Waals surface area contributed by atoms with E-state index in [9.17, 15) is 13.2 Å². The Hall–Kier alpha value is -2.12. The lowest BCUT2D eigenvalue weighted by Crippen LogP contribution is -2.42. The minimum absolute atomic E-state index is 0.00884. The van der Waals surface area contributed by atoms with Crippen LogP contribution in [0.2, 0.25) is 0 Å². The van der Waals surface area contributed by atoms with E-state index in [1.54, 1.807) is 12.1 Å². The summed E-state index contributed by atoms with van der Waals surface area (Å²) < 4.78 is 30.4. The van der Waals surface area contributed by atoms with Gasteiger partial charge in [-0.2, -0.15) is 0 Å². The molecular weight excluding hydrogens is 364 g/mol. The second-order valence-electron chi connectivity index (χ2n) is 7.33. The highest BCUT2D eigenvalue weighted by molar-refractivity contribution is 7.88. The van der Waals surface area contributed by atoms with Gasteiger partial charge in [0.2, 0.25) is 10.0 Å².